The van der Waals surface area contributed by atoms with E-state index in [9.17, 15) is 10.1 Å². The second kappa shape index (κ2) is 6.71. The van der Waals surface area contributed by atoms with Gasteiger partial charge in [-0.05, 0) is 17.6 Å². The summed E-state index contributed by atoms with van der Waals surface area (Å²) in [4.78, 5) is 14.6. The van der Waals surface area contributed by atoms with Crippen molar-refractivity contribution in [3.63, 3.8) is 0 Å². The summed E-state index contributed by atoms with van der Waals surface area (Å²) < 4.78 is 1.77. The number of thiol groups is 1. The average molecular weight is 306 g/mol. The molecule has 1 heterocycles. The third-order valence-electron chi connectivity index (χ3n) is 3.45. The number of nitro benzene ring substituents is 1. The van der Waals surface area contributed by atoms with Crippen LogP contribution < -0.4 is 0 Å². The molecule has 0 saturated heterocycles. The predicted octanol–water partition coefficient (Wildman–Crippen LogP) is 3.06. The number of nitro groups is 1. The summed E-state index contributed by atoms with van der Waals surface area (Å²) in [5.41, 5.74) is 0.689. The number of aromatic nitrogens is 3. The molecule has 7 heteroatoms. The summed E-state index contributed by atoms with van der Waals surface area (Å²) in [7, 11) is 0. The maximum Gasteiger partial charge on any atom is 0.270 e. The minimum Gasteiger partial charge on any atom is -0.258 e. The highest BCUT2D eigenvalue weighted by molar-refractivity contribution is 7.80. The van der Waals surface area contributed by atoms with Crippen molar-refractivity contribution in [1.29, 1.82) is 0 Å². The van der Waals surface area contributed by atoms with Crippen LogP contribution in [0.2, 0.25) is 0 Å². The highest BCUT2D eigenvalue weighted by atomic mass is 32.1. The molecule has 1 aromatic carbocycles. The molecule has 0 bridgehead atoms. The Morgan fingerprint density at radius 1 is 1.43 bits per heavy atom. The molecule has 21 heavy (non-hydrogen) atoms. The summed E-state index contributed by atoms with van der Waals surface area (Å²) in [5.74, 6) is 2.20. The number of hydrogen-bond donors (Lipinski definition) is 1. The molecule has 2 aromatic rings. The number of hydrogen-bond acceptors (Lipinski definition) is 5. The van der Waals surface area contributed by atoms with Gasteiger partial charge in [0.15, 0.2) is 5.82 Å². The lowest BCUT2D eigenvalue weighted by Gasteiger charge is -2.17. The molecule has 0 spiro atoms. The van der Waals surface area contributed by atoms with E-state index in [1.54, 1.807) is 23.1 Å². The Labute approximate surface area is 128 Å². The lowest BCUT2D eigenvalue weighted by Crippen LogP contribution is -2.18. The Bertz CT molecular complexity index is 627. The molecular formula is C14H18N4O2S. The van der Waals surface area contributed by atoms with Gasteiger partial charge in [-0.1, -0.05) is 26.0 Å². The summed E-state index contributed by atoms with van der Waals surface area (Å²) in [6.45, 7) is 5.04. The Morgan fingerprint density at radius 2 is 2.19 bits per heavy atom. The highest BCUT2D eigenvalue weighted by Crippen LogP contribution is 2.21. The number of nitrogens with zero attached hydrogens (tertiary/aromatic N) is 4. The molecule has 2 rings (SSSR count). The fourth-order valence-electron chi connectivity index (χ4n) is 1.99. The molecule has 1 unspecified atom stereocenters. The fraction of sp³-hybridized carbons (Fsp3) is 0.429. The standard InChI is InChI=1S/C14H18N4O2S/c1-10(2)12(8-21)7-17-9-15-14(16-17)11-4-3-5-13(6-11)18(19)20/h3-6,9-10,12,21H,7-8H2,1-2H3. The Balaban J connectivity index is 2.20. The summed E-state index contributed by atoms with van der Waals surface area (Å²) >= 11 is 4.36. The molecule has 0 fully saturated rings. The zero-order valence-corrected chi connectivity index (χ0v) is 12.9. The number of non-ortho nitro benzene ring substituents is 1. The van der Waals surface area contributed by atoms with Crippen LogP contribution in [0.15, 0.2) is 30.6 Å². The molecule has 0 radical (unpaired) electrons. The zero-order chi connectivity index (χ0) is 15.4. The average Bonchev–Trinajstić information content (AvgIpc) is 2.93. The molecule has 0 aliphatic heterocycles. The molecule has 0 N–H and O–H groups in total. The van der Waals surface area contributed by atoms with Gasteiger partial charge in [0.2, 0.25) is 0 Å². The van der Waals surface area contributed by atoms with E-state index in [2.05, 4.69) is 36.6 Å². The van der Waals surface area contributed by atoms with E-state index in [0.29, 0.717) is 23.2 Å². The smallest absolute Gasteiger partial charge is 0.258 e. The summed E-state index contributed by atoms with van der Waals surface area (Å²) in [6.07, 6.45) is 1.66. The lowest BCUT2D eigenvalue weighted by atomic mass is 9.98. The Hall–Kier alpha value is -1.89. The molecule has 0 saturated carbocycles. The van der Waals surface area contributed by atoms with Crippen LogP contribution in [-0.2, 0) is 6.54 Å². The van der Waals surface area contributed by atoms with Crippen LogP contribution in [0.1, 0.15) is 13.8 Å². The zero-order valence-electron chi connectivity index (χ0n) is 12.0. The molecule has 1 atom stereocenters. The minimum absolute atomic E-state index is 0.0410. The molecule has 0 amide bonds. The third kappa shape index (κ3) is 3.81. The second-order valence-corrected chi connectivity index (χ2v) is 5.65. The second-order valence-electron chi connectivity index (χ2n) is 5.28. The van der Waals surface area contributed by atoms with Crippen molar-refractivity contribution in [1.82, 2.24) is 14.8 Å². The lowest BCUT2D eigenvalue weighted by molar-refractivity contribution is -0.384. The third-order valence-corrected chi connectivity index (χ3v) is 3.92. The van der Waals surface area contributed by atoms with Crippen molar-refractivity contribution in [3.8, 4) is 11.4 Å². The van der Waals surface area contributed by atoms with Crippen LogP contribution in [-0.4, -0.2) is 25.4 Å². The number of rotatable bonds is 6. The van der Waals surface area contributed by atoms with Gasteiger partial charge >= 0.3 is 0 Å². The molecule has 112 valence electrons. The van der Waals surface area contributed by atoms with E-state index in [1.807, 2.05) is 0 Å². The maximum absolute atomic E-state index is 10.8. The van der Waals surface area contributed by atoms with Crippen LogP contribution in [0.3, 0.4) is 0 Å². The molecule has 1 aromatic heterocycles. The monoisotopic (exact) mass is 306 g/mol. The maximum atomic E-state index is 10.8. The van der Waals surface area contributed by atoms with Crippen LogP contribution in [0, 0.1) is 22.0 Å². The van der Waals surface area contributed by atoms with Gasteiger partial charge in [0, 0.05) is 24.2 Å². The van der Waals surface area contributed by atoms with Crippen LogP contribution in [0.25, 0.3) is 11.4 Å². The van der Waals surface area contributed by atoms with Crippen molar-refractivity contribution in [2.75, 3.05) is 5.75 Å². The van der Waals surface area contributed by atoms with Gasteiger partial charge in [-0.15, -0.1) is 0 Å². The SMILES string of the molecule is CC(C)C(CS)Cn1cnc(-c2cccc([N+](=O)[O-])c2)n1. The van der Waals surface area contributed by atoms with E-state index in [1.165, 1.54) is 12.1 Å². The van der Waals surface area contributed by atoms with Crippen molar-refractivity contribution >= 4 is 18.3 Å². The topological polar surface area (TPSA) is 73.8 Å². The van der Waals surface area contributed by atoms with Gasteiger partial charge in [0.25, 0.3) is 5.69 Å². The Morgan fingerprint density at radius 3 is 2.81 bits per heavy atom. The largest absolute Gasteiger partial charge is 0.270 e. The van der Waals surface area contributed by atoms with Crippen molar-refractivity contribution in [2.24, 2.45) is 11.8 Å². The molecule has 0 aliphatic carbocycles. The van der Waals surface area contributed by atoms with E-state index in [4.69, 9.17) is 0 Å². The normalized spacial score (nSPS) is 12.6. The predicted molar refractivity (Wildman–Crippen MR) is 84.3 cm³/mol. The van der Waals surface area contributed by atoms with Crippen molar-refractivity contribution < 1.29 is 4.92 Å². The highest BCUT2D eigenvalue weighted by Gasteiger charge is 2.15. The van der Waals surface area contributed by atoms with Gasteiger partial charge in [-0.25, -0.2) is 4.98 Å². The van der Waals surface area contributed by atoms with Crippen LogP contribution >= 0.6 is 12.6 Å². The van der Waals surface area contributed by atoms with Crippen molar-refractivity contribution in [3.05, 3.63) is 40.7 Å². The first-order valence-electron chi connectivity index (χ1n) is 6.76. The first-order valence-corrected chi connectivity index (χ1v) is 7.39. The van der Waals surface area contributed by atoms with E-state index < -0.39 is 4.92 Å². The first-order chi connectivity index (χ1) is 10.0. The van der Waals surface area contributed by atoms with Gasteiger partial charge in [0.1, 0.15) is 6.33 Å². The molecular weight excluding hydrogens is 288 g/mol. The van der Waals surface area contributed by atoms with E-state index in [-0.39, 0.29) is 5.69 Å². The van der Waals surface area contributed by atoms with Gasteiger partial charge in [-0.2, -0.15) is 17.7 Å². The summed E-state index contributed by atoms with van der Waals surface area (Å²) in [6, 6.07) is 6.35. The number of benzene rings is 1. The molecule has 0 aliphatic rings. The Kier molecular flexibility index (Phi) is 4.95. The van der Waals surface area contributed by atoms with E-state index in [0.717, 1.165) is 12.3 Å². The quantitative estimate of drug-likeness (QED) is 0.505. The van der Waals surface area contributed by atoms with Gasteiger partial charge in [-0.3, -0.25) is 14.8 Å². The molecule has 6 nitrogen and oxygen atoms in total. The summed E-state index contributed by atoms with van der Waals surface area (Å²) in [5, 5.41) is 15.2. The van der Waals surface area contributed by atoms with Crippen LogP contribution in [0.5, 0.6) is 0 Å². The van der Waals surface area contributed by atoms with Crippen molar-refractivity contribution in [2.45, 2.75) is 20.4 Å². The first kappa shape index (κ1) is 15.5. The van der Waals surface area contributed by atoms with Crippen LogP contribution in [0.4, 0.5) is 5.69 Å². The van der Waals surface area contributed by atoms with E-state index >= 15 is 0 Å². The van der Waals surface area contributed by atoms with Gasteiger partial charge < -0.3 is 0 Å². The minimum atomic E-state index is -0.420. The fourth-order valence-corrected chi connectivity index (χ4v) is 2.53. The van der Waals surface area contributed by atoms with Gasteiger partial charge in [0.05, 0.1) is 4.92 Å².